The molecule has 2 aliphatic rings. The van der Waals surface area contributed by atoms with E-state index in [2.05, 4.69) is 16.0 Å². The quantitative estimate of drug-likeness (QED) is 0.878. The molecule has 1 aliphatic heterocycles. The number of pyridine rings is 1. The Hall–Kier alpha value is -2.11. The van der Waals surface area contributed by atoms with Gasteiger partial charge in [0.2, 0.25) is 0 Å². The Morgan fingerprint density at radius 1 is 1.07 bits per heavy atom. The number of aromatic nitrogens is 1. The fourth-order valence-corrected chi connectivity index (χ4v) is 4.93. The number of methoxy groups -OCH3 is 2. The van der Waals surface area contributed by atoms with Crippen LogP contribution in [-0.4, -0.2) is 42.3 Å². The molecule has 0 radical (unpaired) electrons. The number of benzene rings is 1. The molecule has 5 nitrogen and oxygen atoms in total. The van der Waals surface area contributed by atoms with Gasteiger partial charge in [0.05, 0.1) is 19.9 Å². The van der Waals surface area contributed by atoms with E-state index in [0.717, 1.165) is 49.7 Å². The molecule has 2 bridgehead atoms. The lowest BCUT2D eigenvalue weighted by Gasteiger charge is -2.52. The number of fused-ring (bicyclic) bond motifs is 2. The number of nitrogens with zero attached hydrogens (tertiary/aromatic N) is 2. The second-order valence-corrected chi connectivity index (χ2v) is 7.75. The van der Waals surface area contributed by atoms with Crippen molar-refractivity contribution in [2.75, 3.05) is 27.3 Å². The number of piperidine rings is 1. The lowest BCUT2D eigenvalue weighted by atomic mass is 9.64. The largest absolute Gasteiger partial charge is 0.493 e. The average Bonchev–Trinajstić information content (AvgIpc) is 2.69. The molecule has 0 unspecified atom stereocenters. The van der Waals surface area contributed by atoms with Crippen molar-refractivity contribution in [2.45, 2.75) is 31.4 Å². The highest BCUT2D eigenvalue weighted by atomic mass is 16.5. The third kappa shape index (κ3) is 3.30. The van der Waals surface area contributed by atoms with E-state index in [1.165, 1.54) is 12.0 Å². The van der Waals surface area contributed by atoms with Crippen LogP contribution in [0.5, 0.6) is 11.5 Å². The summed E-state index contributed by atoms with van der Waals surface area (Å²) in [6.07, 6.45) is 5.08. The van der Waals surface area contributed by atoms with E-state index in [1.807, 2.05) is 30.3 Å². The molecule has 2 atom stereocenters. The van der Waals surface area contributed by atoms with Crippen molar-refractivity contribution in [3.63, 3.8) is 0 Å². The van der Waals surface area contributed by atoms with Crippen LogP contribution in [0.15, 0.2) is 42.6 Å². The van der Waals surface area contributed by atoms with Crippen molar-refractivity contribution in [3.8, 4) is 11.5 Å². The molecular formula is C22H28N2O3. The third-order valence-electron chi connectivity index (χ3n) is 6.24. The van der Waals surface area contributed by atoms with Crippen LogP contribution in [-0.2, 0) is 12.1 Å². The van der Waals surface area contributed by atoms with Crippen molar-refractivity contribution in [3.05, 3.63) is 53.9 Å². The Balaban J connectivity index is 1.54. The third-order valence-corrected chi connectivity index (χ3v) is 6.24. The maximum absolute atomic E-state index is 11.6. The molecule has 1 N–H and O–H groups in total. The molecule has 1 aromatic heterocycles. The SMILES string of the molecule is COc1ccc(CN2C[C@H]3CCC[C@H](C2)C3(O)c2ccccn2)cc1OC. The van der Waals surface area contributed by atoms with Crippen LogP contribution in [0.2, 0.25) is 0 Å². The van der Waals surface area contributed by atoms with Gasteiger partial charge in [0.1, 0.15) is 5.60 Å². The number of hydrogen-bond acceptors (Lipinski definition) is 5. The Labute approximate surface area is 160 Å². The highest BCUT2D eigenvalue weighted by Gasteiger charge is 2.52. The first-order chi connectivity index (χ1) is 13.1. The number of aliphatic hydroxyl groups is 1. The van der Waals surface area contributed by atoms with Gasteiger partial charge in [-0.1, -0.05) is 18.6 Å². The second kappa shape index (κ2) is 7.49. The Morgan fingerprint density at radius 2 is 1.81 bits per heavy atom. The van der Waals surface area contributed by atoms with Gasteiger partial charge in [-0.15, -0.1) is 0 Å². The van der Waals surface area contributed by atoms with E-state index in [9.17, 15) is 5.11 Å². The summed E-state index contributed by atoms with van der Waals surface area (Å²) in [5, 5.41) is 11.6. The molecule has 1 aliphatic carbocycles. The van der Waals surface area contributed by atoms with Crippen molar-refractivity contribution in [1.82, 2.24) is 9.88 Å². The van der Waals surface area contributed by atoms with Gasteiger partial charge in [-0.05, 0) is 42.7 Å². The molecule has 1 saturated carbocycles. The molecule has 1 aromatic carbocycles. The summed E-state index contributed by atoms with van der Waals surface area (Å²) in [6, 6.07) is 12.0. The minimum absolute atomic E-state index is 0.222. The van der Waals surface area contributed by atoms with Gasteiger partial charge >= 0.3 is 0 Å². The normalized spacial score (nSPS) is 28.0. The van der Waals surface area contributed by atoms with Gasteiger partial charge in [-0.25, -0.2) is 0 Å². The molecule has 2 aromatic rings. The zero-order chi connectivity index (χ0) is 18.9. The van der Waals surface area contributed by atoms with Crippen LogP contribution >= 0.6 is 0 Å². The van der Waals surface area contributed by atoms with Crippen LogP contribution in [0.4, 0.5) is 0 Å². The molecule has 27 heavy (non-hydrogen) atoms. The monoisotopic (exact) mass is 368 g/mol. The first-order valence-electron chi connectivity index (χ1n) is 9.72. The van der Waals surface area contributed by atoms with E-state index in [1.54, 1.807) is 20.4 Å². The molecule has 4 rings (SSSR count). The van der Waals surface area contributed by atoms with Gasteiger partial charge in [-0.2, -0.15) is 0 Å². The maximum Gasteiger partial charge on any atom is 0.161 e. The smallest absolute Gasteiger partial charge is 0.161 e. The van der Waals surface area contributed by atoms with Crippen LogP contribution < -0.4 is 9.47 Å². The highest BCUT2D eigenvalue weighted by Crippen LogP contribution is 2.48. The first-order valence-corrected chi connectivity index (χ1v) is 9.72. The second-order valence-electron chi connectivity index (χ2n) is 7.75. The molecule has 2 fully saturated rings. The van der Waals surface area contributed by atoms with Crippen LogP contribution in [0.3, 0.4) is 0 Å². The summed E-state index contributed by atoms with van der Waals surface area (Å²) < 4.78 is 10.8. The minimum Gasteiger partial charge on any atom is -0.493 e. The highest BCUT2D eigenvalue weighted by molar-refractivity contribution is 5.42. The van der Waals surface area contributed by atoms with E-state index >= 15 is 0 Å². The van der Waals surface area contributed by atoms with Gasteiger partial charge in [0.15, 0.2) is 11.5 Å². The minimum atomic E-state index is -0.798. The number of ether oxygens (including phenoxy) is 2. The predicted molar refractivity (Wildman–Crippen MR) is 104 cm³/mol. The molecular weight excluding hydrogens is 340 g/mol. The molecule has 144 valence electrons. The standard InChI is InChI=1S/C22H28N2O3/c1-26-19-10-9-16(12-20(19)27-2)13-24-14-17-6-5-7-18(15-24)22(17,25)21-8-3-4-11-23-21/h3-4,8-12,17-18,25H,5-7,13-15H2,1-2H3/t17-,18-/m1/s1. The van der Waals surface area contributed by atoms with Gasteiger partial charge in [0, 0.05) is 37.7 Å². The van der Waals surface area contributed by atoms with Crippen molar-refractivity contribution >= 4 is 0 Å². The van der Waals surface area contributed by atoms with E-state index in [-0.39, 0.29) is 11.8 Å². The zero-order valence-electron chi connectivity index (χ0n) is 16.1. The van der Waals surface area contributed by atoms with Crippen LogP contribution in [0.25, 0.3) is 0 Å². The molecule has 0 spiro atoms. The first kappa shape index (κ1) is 18.3. The summed E-state index contributed by atoms with van der Waals surface area (Å²) >= 11 is 0. The van der Waals surface area contributed by atoms with Crippen molar-refractivity contribution < 1.29 is 14.6 Å². The summed E-state index contributed by atoms with van der Waals surface area (Å²) in [5.41, 5.74) is 1.24. The van der Waals surface area contributed by atoms with E-state index < -0.39 is 5.60 Å². The Bertz CT molecular complexity index is 766. The van der Waals surface area contributed by atoms with E-state index in [4.69, 9.17) is 9.47 Å². The summed E-state index contributed by atoms with van der Waals surface area (Å²) in [7, 11) is 3.32. The van der Waals surface area contributed by atoms with Crippen molar-refractivity contribution in [2.24, 2.45) is 11.8 Å². The maximum atomic E-state index is 11.6. The van der Waals surface area contributed by atoms with Gasteiger partial charge in [0.25, 0.3) is 0 Å². The topological polar surface area (TPSA) is 54.8 Å². The summed E-state index contributed by atoms with van der Waals surface area (Å²) in [4.78, 5) is 6.97. The van der Waals surface area contributed by atoms with Crippen molar-refractivity contribution in [1.29, 1.82) is 0 Å². The Kier molecular flexibility index (Phi) is 5.06. The molecule has 5 heteroatoms. The Morgan fingerprint density at radius 3 is 2.44 bits per heavy atom. The average molecular weight is 368 g/mol. The molecule has 1 saturated heterocycles. The van der Waals surface area contributed by atoms with E-state index in [0.29, 0.717) is 0 Å². The van der Waals surface area contributed by atoms with Crippen LogP contribution in [0, 0.1) is 11.8 Å². The summed E-state index contributed by atoms with van der Waals surface area (Å²) in [6.45, 7) is 2.63. The van der Waals surface area contributed by atoms with Crippen LogP contribution in [0.1, 0.15) is 30.5 Å². The number of likely N-dealkylation sites (tertiary alicyclic amines) is 1. The fraction of sp³-hybridized carbons (Fsp3) is 0.500. The lowest BCUT2D eigenvalue weighted by Crippen LogP contribution is -2.58. The lowest BCUT2D eigenvalue weighted by molar-refractivity contribution is -0.151. The fourth-order valence-electron chi connectivity index (χ4n) is 4.93. The van der Waals surface area contributed by atoms with Gasteiger partial charge < -0.3 is 14.6 Å². The van der Waals surface area contributed by atoms with Gasteiger partial charge in [-0.3, -0.25) is 9.88 Å². The number of rotatable bonds is 5. The zero-order valence-corrected chi connectivity index (χ0v) is 16.1. The molecule has 2 heterocycles. The summed E-state index contributed by atoms with van der Waals surface area (Å²) in [5.74, 6) is 1.96. The number of hydrogen-bond donors (Lipinski definition) is 1. The molecule has 0 amide bonds. The predicted octanol–water partition coefficient (Wildman–Crippen LogP) is 3.22.